The molecule has 0 saturated carbocycles. The van der Waals surface area contributed by atoms with Crippen molar-refractivity contribution < 1.29 is 0 Å². The summed E-state index contributed by atoms with van der Waals surface area (Å²) >= 11 is 1.64. The first-order chi connectivity index (χ1) is 12.8. The maximum absolute atomic E-state index is 4.54. The van der Waals surface area contributed by atoms with Gasteiger partial charge in [-0.1, -0.05) is 6.07 Å². The van der Waals surface area contributed by atoms with Gasteiger partial charge in [-0.3, -0.25) is 4.98 Å². The van der Waals surface area contributed by atoms with Crippen LogP contribution in [0.1, 0.15) is 5.56 Å². The van der Waals surface area contributed by atoms with E-state index in [-0.39, 0.29) is 0 Å². The Balaban J connectivity index is 1.47. The number of rotatable bonds is 4. The fraction of sp³-hybridized carbons (Fsp3) is 0.0500. The lowest BCUT2D eigenvalue weighted by atomic mass is 10.2. The second-order valence-electron chi connectivity index (χ2n) is 6.09. The number of nitrogens with one attached hydrogen (secondary N) is 1. The molecule has 0 fully saturated rings. The monoisotopic (exact) mass is 357 g/mol. The Bertz CT molecular complexity index is 1190. The highest BCUT2D eigenvalue weighted by Crippen LogP contribution is 2.25. The van der Waals surface area contributed by atoms with Crippen LogP contribution in [-0.2, 0) is 6.54 Å². The Morgan fingerprint density at radius 3 is 2.96 bits per heavy atom. The van der Waals surface area contributed by atoms with Gasteiger partial charge >= 0.3 is 0 Å². The van der Waals surface area contributed by atoms with Crippen LogP contribution < -0.4 is 5.32 Å². The van der Waals surface area contributed by atoms with Crippen molar-refractivity contribution in [1.82, 2.24) is 19.5 Å². The van der Waals surface area contributed by atoms with Crippen molar-refractivity contribution in [3.05, 3.63) is 78.3 Å². The molecular formula is C20H15N5S. The fourth-order valence-corrected chi connectivity index (χ4v) is 3.77. The maximum atomic E-state index is 4.54. The summed E-state index contributed by atoms with van der Waals surface area (Å²) in [6.07, 6.45) is 7.69. The summed E-state index contributed by atoms with van der Waals surface area (Å²) in [7, 11) is 0. The Morgan fingerprint density at radius 2 is 2.04 bits per heavy atom. The van der Waals surface area contributed by atoms with Crippen molar-refractivity contribution in [2.75, 3.05) is 5.32 Å². The average molecular weight is 357 g/mol. The molecule has 4 heterocycles. The van der Waals surface area contributed by atoms with E-state index in [0.29, 0.717) is 0 Å². The number of fused-ring (bicyclic) bond motifs is 2. The third-order valence-electron chi connectivity index (χ3n) is 4.33. The van der Waals surface area contributed by atoms with Crippen LogP contribution in [0.4, 0.5) is 11.5 Å². The molecule has 1 N–H and O–H groups in total. The number of thiazole rings is 1. The zero-order chi connectivity index (χ0) is 17.3. The molecule has 1 aromatic carbocycles. The standard InChI is InChI=1S/C20H15N5S/c1-2-14(10-21-6-1)12-25-7-5-15-11-22-20(9-18(15)25)24-16-3-4-17-19(8-16)26-13-23-17/h1-11,13H,12H2,(H,22,24). The molecule has 0 bridgehead atoms. The quantitative estimate of drug-likeness (QED) is 0.500. The van der Waals surface area contributed by atoms with E-state index in [2.05, 4.69) is 55.3 Å². The molecule has 0 amide bonds. The summed E-state index contributed by atoms with van der Waals surface area (Å²) in [5, 5.41) is 4.52. The van der Waals surface area contributed by atoms with Gasteiger partial charge in [0.2, 0.25) is 0 Å². The van der Waals surface area contributed by atoms with Crippen molar-refractivity contribution in [3.63, 3.8) is 0 Å². The normalized spacial score (nSPS) is 11.2. The molecule has 0 unspecified atom stereocenters. The summed E-state index contributed by atoms with van der Waals surface area (Å²) in [5.41, 5.74) is 6.22. The lowest BCUT2D eigenvalue weighted by molar-refractivity contribution is 0.831. The van der Waals surface area contributed by atoms with Crippen LogP contribution >= 0.6 is 11.3 Å². The Morgan fingerprint density at radius 1 is 1.04 bits per heavy atom. The van der Waals surface area contributed by atoms with Crippen LogP contribution in [-0.4, -0.2) is 19.5 Å². The number of aromatic nitrogens is 4. The van der Waals surface area contributed by atoms with Gasteiger partial charge in [-0.15, -0.1) is 11.3 Å². The highest BCUT2D eigenvalue weighted by Gasteiger charge is 2.06. The zero-order valence-electron chi connectivity index (χ0n) is 13.8. The molecule has 0 radical (unpaired) electrons. The fourth-order valence-electron chi connectivity index (χ4n) is 3.06. The molecule has 0 aliphatic rings. The van der Waals surface area contributed by atoms with Crippen LogP contribution in [0.2, 0.25) is 0 Å². The minimum atomic E-state index is 0.785. The minimum Gasteiger partial charge on any atom is -0.343 e. The van der Waals surface area contributed by atoms with Crippen LogP contribution in [0, 0.1) is 0 Å². The second-order valence-corrected chi connectivity index (χ2v) is 6.98. The van der Waals surface area contributed by atoms with E-state index in [1.54, 1.807) is 17.5 Å². The van der Waals surface area contributed by atoms with Gasteiger partial charge in [0.25, 0.3) is 0 Å². The Labute approximate surface area is 154 Å². The van der Waals surface area contributed by atoms with Crippen molar-refractivity contribution in [1.29, 1.82) is 0 Å². The zero-order valence-corrected chi connectivity index (χ0v) is 14.6. The largest absolute Gasteiger partial charge is 0.343 e. The van der Waals surface area contributed by atoms with Gasteiger partial charge in [0.05, 0.1) is 21.2 Å². The van der Waals surface area contributed by atoms with Crippen LogP contribution in [0.5, 0.6) is 0 Å². The van der Waals surface area contributed by atoms with Gasteiger partial charge < -0.3 is 9.88 Å². The average Bonchev–Trinajstić information content (AvgIpc) is 3.29. The van der Waals surface area contributed by atoms with Gasteiger partial charge in [-0.2, -0.15) is 0 Å². The summed E-state index contributed by atoms with van der Waals surface area (Å²) in [4.78, 5) is 13.1. The molecule has 26 heavy (non-hydrogen) atoms. The first kappa shape index (κ1) is 15.0. The molecule has 4 aromatic heterocycles. The van der Waals surface area contributed by atoms with E-state index >= 15 is 0 Å². The van der Waals surface area contributed by atoms with Gasteiger partial charge in [-0.25, -0.2) is 9.97 Å². The summed E-state index contributed by atoms with van der Waals surface area (Å²) in [5.74, 6) is 0.826. The predicted molar refractivity (Wildman–Crippen MR) is 106 cm³/mol. The van der Waals surface area contributed by atoms with Crippen molar-refractivity contribution in [2.45, 2.75) is 6.54 Å². The molecule has 5 rings (SSSR count). The van der Waals surface area contributed by atoms with E-state index in [1.165, 1.54) is 5.56 Å². The molecule has 5 aromatic rings. The number of nitrogens with zero attached hydrogens (tertiary/aromatic N) is 4. The topological polar surface area (TPSA) is 55.6 Å². The summed E-state index contributed by atoms with van der Waals surface area (Å²) in [6, 6.07) is 14.4. The van der Waals surface area contributed by atoms with Gasteiger partial charge in [0, 0.05) is 48.5 Å². The van der Waals surface area contributed by atoms with E-state index in [0.717, 1.165) is 39.2 Å². The second kappa shape index (κ2) is 6.24. The van der Waals surface area contributed by atoms with Crippen molar-refractivity contribution in [3.8, 4) is 0 Å². The first-order valence-corrected chi connectivity index (χ1v) is 9.17. The third kappa shape index (κ3) is 2.80. The highest BCUT2D eigenvalue weighted by atomic mass is 32.1. The van der Waals surface area contributed by atoms with Crippen LogP contribution in [0.3, 0.4) is 0 Å². The molecule has 0 aliphatic heterocycles. The summed E-state index contributed by atoms with van der Waals surface area (Å²) < 4.78 is 3.38. The smallest absolute Gasteiger partial charge is 0.132 e. The van der Waals surface area contributed by atoms with Crippen LogP contribution in [0.15, 0.2) is 72.8 Å². The SMILES string of the molecule is c1cncc(Cn2ccc3cnc(Nc4ccc5ncsc5c4)cc32)c1. The van der Waals surface area contributed by atoms with Crippen molar-refractivity contribution in [2.24, 2.45) is 0 Å². The first-order valence-electron chi connectivity index (χ1n) is 8.29. The maximum Gasteiger partial charge on any atom is 0.132 e. The summed E-state index contributed by atoms with van der Waals surface area (Å²) in [6.45, 7) is 0.785. The van der Waals surface area contributed by atoms with Gasteiger partial charge in [0.15, 0.2) is 0 Å². The van der Waals surface area contributed by atoms with E-state index in [9.17, 15) is 0 Å². The number of benzene rings is 1. The van der Waals surface area contributed by atoms with E-state index in [4.69, 9.17) is 0 Å². The third-order valence-corrected chi connectivity index (χ3v) is 5.13. The number of hydrogen-bond donors (Lipinski definition) is 1. The Kier molecular flexibility index (Phi) is 3.61. The van der Waals surface area contributed by atoms with Crippen LogP contribution in [0.25, 0.3) is 21.1 Å². The predicted octanol–water partition coefficient (Wildman–Crippen LogP) is 4.83. The molecule has 0 spiro atoms. The molecule has 126 valence electrons. The van der Waals surface area contributed by atoms with E-state index < -0.39 is 0 Å². The molecule has 0 atom stereocenters. The lowest BCUT2D eigenvalue weighted by Gasteiger charge is -2.08. The minimum absolute atomic E-state index is 0.785. The van der Waals surface area contributed by atoms with Gasteiger partial charge in [0.1, 0.15) is 5.82 Å². The van der Waals surface area contributed by atoms with E-state index in [1.807, 2.05) is 36.1 Å². The van der Waals surface area contributed by atoms with Crippen molar-refractivity contribution >= 4 is 44.0 Å². The Hall–Kier alpha value is -3.25. The number of hydrogen-bond acceptors (Lipinski definition) is 5. The number of anilines is 2. The molecule has 0 saturated heterocycles. The molecule has 5 nitrogen and oxygen atoms in total. The molecule has 6 heteroatoms. The molecule has 0 aliphatic carbocycles. The lowest BCUT2D eigenvalue weighted by Crippen LogP contribution is -1.99. The van der Waals surface area contributed by atoms with Gasteiger partial charge in [-0.05, 0) is 35.9 Å². The number of pyridine rings is 2. The highest BCUT2D eigenvalue weighted by molar-refractivity contribution is 7.16. The molecular weight excluding hydrogens is 342 g/mol.